The van der Waals surface area contributed by atoms with Crippen molar-refractivity contribution in [2.45, 2.75) is 11.3 Å². The van der Waals surface area contributed by atoms with Gasteiger partial charge in [-0.25, -0.2) is 26.9 Å². The van der Waals surface area contributed by atoms with Crippen molar-refractivity contribution in [3.63, 3.8) is 0 Å². The van der Waals surface area contributed by atoms with Gasteiger partial charge in [0.2, 0.25) is 0 Å². The molecule has 2 aromatic heterocycles. The maximum Gasteiger partial charge on any atom is 0.280 e. The van der Waals surface area contributed by atoms with Crippen LogP contribution in [0.2, 0.25) is 0 Å². The Bertz CT molecular complexity index is 953. The summed E-state index contributed by atoms with van der Waals surface area (Å²) in [6.45, 7) is 0. The Morgan fingerprint density at radius 3 is 2.33 bits per heavy atom. The number of alkyl halides is 2. The van der Waals surface area contributed by atoms with Crippen molar-refractivity contribution < 1.29 is 17.2 Å². The lowest BCUT2D eigenvalue weighted by Crippen LogP contribution is -2.06. The number of hydrogen-bond donors (Lipinski definition) is 0. The zero-order valence-electron chi connectivity index (χ0n) is 12.6. The third-order valence-electron chi connectivity index (χ3n) is 3.40. The molecule has 24 heavy (non-hydrogen) atoms. The highest BCUT2D eigenvalue weighted by atomic mass is 32.2. The molecule has 0 aliphatic rings. The average Bonchev–Trinajstić information content (AvgIpc) is 3.00. The molecular weight excluding hydrogens is 336 g/mol. The maximum absolute atomic E-state index is 13.3. The Morgan fingerprint density at radius 2 is 1.79 bits per heavy atom. The van der Waals surface area contributed by atoms with E-state index in [1.807, 2.05) is 6.07 Å². The van der Waals surface area contributed by atoms with Crippen LogP contribution in [0.15, 0.2) is 59.6 Å². The predicted molar refractivity (Wildman–Crippen MR) is 84.9 cm³/mol. The molecule has 0 saturated carbocycles. The van der Waals surface area contributed by atoms with Gasteiger partial charge in [0.1, 0.15) is 5.69 Å². The number of aromatic nitrogens is 3. The number of sulfone groups is 1. The highest BCUT2D eigenvalue weighted by Gasteiger charge is 2.19. The summed E-state index contributed by atoms with van der Waals surface area (Å²) >= 11 is 0. The van der Waals surface area contributed by atoms with Crippen LogP contribution in [0, 0.1) is 0 Å². The molecule has 0 N–H and O–H groups in total. The zero-order valence-corrected chi connectivity index (χ0v) is 13.4. The quantitative estimate of drug-likeness (QED) is 0.725. The highest BCUT2D eigenvalue weighted by Crippen LogP contribution is 2.27. The summed E-state index contributed by atoms with van der Waals surface area (Å²) < 4.78 is 50.6. The minimum absolute atomic E-state index is 0.0142. The molecule has 0 amide bonds. The van der Waals surface area contributed by atoms with E-state index >= 15 is 0 Å². The summed E-state index contributed by atoms with van der Waals surface area (Å²) in [5, 5.41) is 4.19. The van der Waals surface area contributed by atoms with Crippen molar-refractivity contribution in [3.05, 3.63) is 60.4 Å². The molecule has 3 aromatic rings. The topological polar surface area (TPSA) is 64.8 Å². The fraction of sp³-hybridized carbons (Fsp3) is 0.125. The van der Waals surface area contributed by atoms with Crippen LogP contribution in [0.1, 0.15) is 12.1 Å². The Morgan fingerprint density at radius 1 is 1.08 bits per heavy atom. The summed E-state index contributed by atoms with van der Waals surface area (Å²) in [7, 11) is -3.41. The molecule has 0 aliphatic heterocycles. The summed E-state index contributed by atoms with van der Waals surface area (Å²) in [6, 6.07) is 12.9. The van der Waals surface area contributed by atoms with Crippen LogP contribution < -0.4 is 0 Å². The number of pyridine rings is 1. The molecule has 0 spiro atoms. The summed E-state index contributed by atoms with van der Waals surface area (Å²) in [6.07, 6.45) is -0.564. The lowest BCUT2D eigenvalue weighted by molar-refractivity contribution is 0.142. The molecule has 2 heterocycles. The first-order valence-electron chi connectivity index (χ1n) is 6.96. The van der Waals surface area contributed by atoms with E-state index in [9.17, 15) is 17.2 Å². The molecule has 0 fully saturated rings. The fourth-order valence-electron chi connectivity index (χ4n) is 2.20. The first-order valence-corrected chi connectivity index (χ1v) is 8.85. The summed E-state index contributed by atoms with van der Waals surface area (Å²) in [4.78, 5) is 3.97. The zero-order chi connectivity index (χ0) is 17.3. The minimum Gasteiger partial charge on any atom is -0.236 e. The molecule has 0 aliphatic carbocycles. The highest BCUT2D eigenvalue weighted by molar-refractivity contribution is 7.90. The Kier molecular flexibility index (Phi) is 4.15. The van der Waals surface area contributed by atoms with Gasteiger partial charge < -0.3 is 0 Å². The number of hydrogen-bond acceptors (Lipinski definition) is 4. The molecule has 0 saturated heterocycles. The van der Waals surface area contributed by atoms with Gasteiger partial charge in [0.15, 0.2) is 15.7 Å². The Labute approximate surface area is 137 Å². The van der Waals surface area contributed by atoms with E-state index in [0.29, 0.717) is 11.3 Å². The van der Waals surface area contributed by atoms with Crippen LogP contribution in [0.5, 0.6) is 0 Å². The third kappa shape index (κ3) is 3.18. The lowest BCUT2D eigenvalue weighted by atomic mass is 10.1. The van der Waals surface area contributed by atoms with E-state index in [0.717, 1.165) is 17.1 Å². The SMILES string of the molecule is CS(=O)(=O)c1ccc(-n2nc(-c3ccccc3)cc2C(F)F)nc1. The number of benzene rings is 1. The van der Waals surface area contributed by atoms with Crippen molar-refractivity contribution in [3.8, 4) is 17.1 Å². The second-order valence-corrected chi connectivity index (χ2v) is 7.17. The molecule has 0 radical (unpaired) electrons. The summed E-state index contributed by atoms with van der Waals surface area (Å²) in [5.74, 6) is 0.125. The van der Waals surface area contributed by atoms with Crippen molar-refractivity contribution in [1.29, 1.82) is 0 Å². The number of rotatable bonds is 4. The molecule has 8 heteroatoms. The molecule has 0 atom stereocenters. The molecule has 124 valence electrons. The lowest BCUT2D eigenvalue weighted by Gasteiger charge is -2.06. The fourth-order valence-corrected chi connectivity index (χ4v) is 2.76. The molecule has 5 nitrogen and oxygen atoms in total. The third-order valence-corrected chi connectivity index (χ3v) is 4.49. The van der Waals surface area contributed by atoms with E-state index in [1.165, 1.54) is 18.2 Å². The molecule has 3 rings (SSSR count). The van der Waals surface area contributed by atoms with Gasteiger partial charge in [-0.05, 0) is 18.2 Å². The van der Waals surface area contributed by atoms with Crippen LogP contribution >= 0.6 is 0 Å². The van der Waals surface area contributed by atoms with Gasteiger partial charge in [0.25, 0.3) is 6.43 Å². The smallest absolute Gasteiger partial charge is 0.236 e. The van der Waals surface area contributed by atoms with Gasteiger partial charge in [-0.2, -0.15) is 5.10 Å². The predicted octanol–water partition coefficient (Wildman–Crippen LogP) is 3.28. The Balaban J connectivity index is 2.08. The monoisotopic (exact) mass is 349 g/mol. The van der Waals surface area contributed by atoms with Gasteiger partial charge >= 0.3 is 0 Å². The Hall–Kier alpha value is -2.61. The molecule has 1 aromatic carbocycles. The van der Waals surface area contributed by atoms with Gasteiger partial charge in [-0.3, -0.25) is 0 Å². The normalized spacial score (nSPS) is 11.8. The maximum atomic E-state index is 13.3. The van der Waals surface area contributed by atoms with E-state index in [2.05, 4.69) is 10.1 Å². The van der Waals surface area contributed by atoms with E-state index in [-0.39, 0.29) is 16.4 Å². The van der Waals surface area contributed by atoms with Gasteiger partial charge in [0, 0.05) is 18.0 Å². The molecular formula is C16H13F2N3O2S. The first kappa shape index (κ1) is 16.3. The second-order valence-electron chi connectivity index (χ2n) is 5.16. The average molecular weight is 349 g/mol. The van der Waals surface area contributed by atoms with E-state index in [4.69, 9.17) is 0 Å². The largest absolute Gasteiger partial charge is 0.280 e. The standard InChI is InChI=1S/C16H13F2N3O2S/c1-24(22,23)12-7-8-15(19-10-12)21-14(16(17)18)9-13(20-21)11-5-3-2-4-6-11/h2-10,16H,1H3. The summed E-state index contributed by atoms with van der Waals surface area (Å²) in [5.41, 5.74) is 0.777. The van der Waals surface area contributed by atoms with Crippen molar-refractivity contribution in [2.75, 3.05) is 6.26 Å². The van der Waals surface area contributed by atoms with Crippen molar-refractivity contribution in [2.24, 2.45) is 0 Å². The van der Waals surface area contributed by atoms with E-state index in [1.54, 1.807) is 24.3 Å². The minimum atomic E-state index is -3.41. The van der Waals surface area contributed by atoms with Crippen LogP contribution in [0.25, 0.3) is 17.1 Å². The van der Waals surface area contributed by atoms with Crippen LogP contribution in [-0.4, -0.2) is 29.4 Å². The van der Waals surface area contributed by atoms with Crippen LogP contribution in [0.4, 0.5) is 8.78 Å². The number of nitrogens with zero attached hydrogens (tertiary/aromatic N) is 3. The molecule has 0 bridgehead atoms. The van der Waals surface area contributed by atoms with Gasteiger partial charge in [-0.1, -0.05) is 30.3 Å². The molecule has 0 unspecified atom stereocenters. The van der Waals surface area contributed by atoms with Crippen molar-refractivity contribution >= 4 is 9.84 Å². The van der Waals surface area contributed by atoms with Gasteiger partial charge in [0.05, 0.1) is 10.6 Å². The number of halogens is 2. The first-order chi connectivity index (χ1) is 11.4. The van der Waals surface area contributed by atoms with E-state index < -0.39 is 16.3 Å². The van der Waals surface area contributed by atoms with Crippen LogP contribution in [0.3, 0.4) is 0 Å². The van der Waals surface area contributed by atoms with Crippen molar-refractivity contribution in [1.82, 2.24) is 14.8 Å². The second kappa shape index (κ2) is 6.12. The van der Waals surface area contributed by atoms with Crippen LogP contribution in [-0.2, 0) is 9.84 Å². The van der Waals surface area contributed by atoms with Gasteiger partial charge in [-0.15, -0.1) is 0 Å².